The maximum atomic E-state index is 2.59. The fourth-order valence-corrected chi connectivity index (χ4v) is 15.9. The van der Waals surface area contributed by atoms with E-state index in [9.17, 15) is 0 Å². The zero-order chi connectivity index (χ0) is 22.7. The number of rotatable bonds is 7. The highest BCUT2D eigenvalue weighted by molar-refractivity contribution is 7.68. The van der Waals surface area contributed by atoms with Crippen LogP contribution in [0, 0.1) is 0 Å². The van der Waals surface area contributed by atoms with Crippen molar-refractivity contribution in [3.05, 3.63) is 48.5 Å². The van der Waals surface area contributed by atoms with Gasteiger partial charge in [0.25, 0.3) is 0 Å². The summed E-state index contributed by atoms with van der Waals surface area (Å²) >= 11 is 0. The Labute approximate surface area is 211 Å². The van der Waals surface area contributed by atoms with Crippen LogP contribution in [0.1, 0.15) is 103 Å². The van der Waals surface area contributed by atoms with Crippen molar-refractivity contribution in [1.29, 1.82) is 0 Å². The lowest BCUT2D eigenvalue weighted by molar-refractivity contribution is 0.835. The van der Waals surface area contributed by atoms with Crippen molar-refractivity contribution in [2.45, 2.75) is 125 Å². The fourth-order valence-electron chi connectivity index (χ4n) is 7.97. The molecule has 2 aromatic carbocycles. The Hall–Kier alpha value is -0.700. The van der Waals surface area contributed by atoms with Crippen LogP contribution in [0.15, 0.2) is 48.5 Å². The first-order valence-corrected chi connectivity index (χ1v) is 17.6. The van der Waals surface area contributed by atoms with Gasteiger partial charge in [0.05, 0.1) is 0 Å². The highest BCUT2D eigenvalue weighted by Crippen LogP contribution is 2.59. The number of hydrogen-bond donors (Lipinski definition) is 0. The standard InChI is InChI=1S/C32H44P2/c1-2-14-25(13-1)33(26-15-3-4-16-26)31-23-11-9-21-29(31)30-22-10-12-24-32(30)34(27-17-5-6-18-27)28-19-7-8-20-28/h9-12,21-28H,1-8,13-20H2. The fraction of sp³-hybridized carbons (Fsp3) is 0.625. The minimum atomic E-state index is -0.0473. The Morgan fingerprint density at radius 1 is 0.382 bits per heavy atom. The van der Waals surface area contributed by atoms with E-state index in [0.717, 1.165) is 22.6 Å². The van der Waals surface area contributed by atoms with E-state index in [4.69, 9.17) is 0 Å². The first-order valence-electron chi connectivity index (χ1n) is 14.7. The molecule has 0 spiro atoms. The Morgan fingerprint density at radius 3 is 0.941 bits per heavy atom. The summed E-state index contributed by atoms with van der Waals surface area (Å²) < 4.78 is 0. The molecular weight excluding hydrogens is 446 g/mol. The molecular formula is C32H44P2. The molecule has 0 nitrogen and oxygen atoms in total. The Kier molecular flexibility index (Phi) is 7.76. The summed E-state index contributed by atoms with van der Waals surface area (Å²) in [6.07, 6.45) is 23.8. The van der Waals surface area contributed by atoms with Crippen LogP contribution >= 0.6 is 15.8 Å². The molecule has 6 rings (SSSR count). The molecule has 0 saturated heterocycles. The monoisotopic (exact) mass is 490 g/mol. The normalized spacial score (nSPS) is 23.2. The van der Waals surface area contributed by atoms with E-state index < -0.39 is 0 Å². The number of hydrogen-bond acceptors (Lipinski definition) is 0. The molecule has 0 amide bonds. The van der Waals surface area contributed by atoms with Crippen molar-refractivity contribution in [3.63, 3.8) is 0 Å². The van der Waals surface area contributed by atoms with Gasteiger partial charge in [-0.25, -0.2) is 0 Å². The summed E-state index contributed by atoms with van der Waals surface area (Å²) in [4.78, 5) is 0. The number of benzene rings is 2. The van der Waals surface area contributed by atoms with E-state index >= 15 is 0 Å². The van der Waals surface area contributed by atoms with Gasteiger partial charge in [0.15, 0.2) is 0 Å². The summed E-state index contributed by atoms with van der Waals surface area (Å²) in [5.41, 5.74) is 7.23. The Morgan fingerprint density at radius 2 is 0.647 bits per heavy atom. The molecule has 2 heteroatoms. The molecule has 4 aliphatic carbocycles. The van der Waals surface area contributed by atoms with Gasteiger partial charge >= 0.3 is 0 Å². The van der Waals surface area contributed by atoms with Gasteiger partial charge in [-0.2, -0.15) is 0 Å². The average molecular weight is 491 g/mol. The van der Waals surface area contributed by atoms with Crippen molar-refractivity contribution < 1.29 is 0 Å². The van der Waals surface area contributed by atoms with Crippen LogP contribution in [-0.2, 0) is 0 Å². The van der Waals surface area contributed by atoms with Gasteiger partial charge in [-0.1, -0.05) is 116 Å². The van der Waals surface area contributed by atoms with Crippen molar-refractivity contribution >= 4 is 26.5 Å². The maximum absolute atomic E-state index is 2.59. The molecule has 0 radical (unpaired) electrons. The summed E-state index contributed by atoms with van der Waals surface area (Å²) in [6, 6.07) is 19.7. The van der Waals surface area contributed by atoms with Crippen LogP contribution in [-0.4, -0.2) is 22.6 Å². The molecule has 4 saturated carbocycles. The van der Waals surface area contributed by atoms with Gasteiger partial charge in [-0.05, 0) is 95.7 Å². The highest BCUT2D eigenvalue weighted by atomic mass is 31.1. The molecule has 0 bridgehead atoms. The molecule has 182 valence electrons. The largest absolute Gasteiger partial charge is 0.0683 e. The molecule has 0 aliphatic heterocycles. The van der Waals surface area contributed by atoms with Gasteiger partial charge in [-0.15, -0.1) is 0 Å². The van der Waals surface area contributed by atoms with Gasteiger partial charge in [0.1, 0.15) is 0 Å². The smallest absolute Gasteiger partial charge is 0.0100 e. The third-order valence-electron chi connectivity index (χ3n) is 9.53. The van der Waals surface area contributed by atoms with Crippen LogP contribution in [0.4, 0.5) is 0 Å². The third-order valence-corrected chi connectivity index (χ3v) is 16.6. The molecule has 0 heterocycles. The predicted molar refractivity (Wildman–Crippen MR) is 154 cm³/mol. The molecule has 0 N–H and O–H groups in total. The molecule has 4 aliphatic rings. The van der Waals surface area contributed by atoms with Crippen LogP contribution in [0.5, 0.6) is 0 Å². The molecule has 0 atom stereocenters. The van der Waals surface area contributed by atoms with Crippen LogP contribution in [0.3, 0.4) is 0 Å². The lowest BCUT2D eigenvalue weighted by Gasteiger charge is -2.35. The summed E-state index contributed by atoms with van der Waals surface area (Å²) in [7, 11) is -0.0947. The van der Waals surface area contributed by atoms with Crippen LogP contribution in [0.2, 0.25) is 0 Å². The topological polar surface area (TPSA) is 0 Å². The summed E-state index contributed by atoms with van der Waals surface area (Å²) in [5, 5.41) is 3.58. The Bertz CT molecular complexity index is 818. The SMILES string of the molecule is c1ccc(P(C2CCCC2)C2CCCC2)c(-c2ccccc2P(C2CCCC2)C2CCCC2)c1. The van der Waals surface area contributed by atoms with Gasteiger partial charge in [0, 0.05) is 0 Å². The summed E-state index contributed by atoms with van der Waals surface area (Å²) in [6.45, 7) is 0. The quantitative estimate of drug-likeness (QED) is 0.339. The predicted octanol–water partition coefficient (Wildman–Crippen LogP) is 9.34. The average Bonchev–Trinajstić information content (AvgIpc) is 3.70. The molecule has 0 unspecified atom stereocenters. The van der Waals surface area contributed by atoms with Crippen molar-refractivity contribution in [3.8, 4) is 11.1 Å². The van der Waals surface area contributed by atoms with Crippen molar-refractivity contribution in [2.75, 3.05) is 0 Å². The minimum absolute atomic E-state index is 0.0473. The second-order valence-corrected chi connectivity index (χ2v) is 17.1. The van der Waals surface area contributed by atoms with Gasteiger partial charge in [-0.3, -0.25) is 0 Å². The third kappa shape index (κ3) is 4.81. The minimum Gasteiger partial charge on any atom is -0.0683 e. The first-order chi connectivity index (χ1) is 16.9. The molecule has 0 aromatic heterocycles. The van der Waals surface area contributed by atoms with Gasteiger partial charge < -0.3 is 0 Å². The van der Waals surface area contributed by atoms with Crippen molar-refractivity contribution in [1.82, 2.24) is 0 Å². The second kappa shape index (κ2) is 11.1. The van der Waals surface area contributed by atoms with Crippen molar-refractivity contribution in [2.24, 2.45) is 0 Å². The van der Waals surface area contributed by atoms with E-state index in [1.807, 2.05) is 0 Å². The molecule has 4 fully saturated rings. The Balaban J connectivity index is 1.44. The van der Waals surface area contributed by atoms with Crippen LogP contribution < -0.4 is 10.6 Å². The lowest BCUT2D eigenvalue weighted by atomic mass is 10.1. The van der Waals surface area contributed by atoms with E-state index in [2.05, 4.69) is 48.5 Å². The molecule has 34 heavy (non-hydrogen) atoms. The van der Waals surface area contributed by atoms with E-state index in [1.165, 1.54) is 103 Å². The van der Waals surface area contributed by atoms with Crippen LogP contribution in [0.25, 0.3) is 11.1 Å². The lowest BCUT2D eigenvalue weighted by Crippen LogP contribution is -2.24. The zero-order valence-corrected chi connectivity index (χ0v) is 22.9. The van der Waals surface area contributed by atoms with Gasteiger partial charge in [0.2, 0.25) is 0 Å². The van der Waals surface area contributed by atoms with E-state index in [-0.39, 0.29) is 15.8 Å². The second-order valence-electron chi connectivity index (χ2n) is 11.6. The molecule has 2 aromatic rings. The summed E-state index contributed by atoms with van der Waals surface area (Å²) in [5.74, 6) is 0. The highest BCUT2D eigenvalue weighted by Gasteiger charge is 2.37. The van der Waals surface area contributed by atoms with E-state index in [0.29, 0.717) is 0 Å². The first kappa shape index (κ1) is 23.7. The maximum Gasteiger partial charge on any atom is -0.0100 e. The zero-order valence-electron chi connectivity index (χ0n) is 21.1. The van der Waals surface area contributed by atoms with E-state index in [1.54, 1.807) is 21.7 Å².